The van der Waals surface area contributed by atoms with Crippen LogP contribution in [-0.2, 0) is 19.6 Å². The molecule has 0 spiro atoms. The van der Waals surface area contributed by atoms with E-state index in [1.165, 1.54) is 5.56 Å². The lowest BCUT2D eigenvalue weighted by atomic mass is 10.1. The molecule has 0 fully saturated rings. The summed E-state index contributed by atoms with van der Waals surface area (Å²) in [4.78, 5) is 10.7. The zero-order valence-corrected chi connectivity index (χ0v) is 14.7. The fourth-order valence-corrected chi connectivity index (χ4v) is 3.48. The molecule has 5 rings (SSSR count). The van der Waals surface area contributed by atoms with Gasteiger partial charge in [0.2, 0.25) is 6.79 Å². The lowest BCUT2D eigenvalue weighted by Crippen LogP contribution is -2.35. The van der Waals surface area contributed by atoms with E-state index in [1.807, 2.05) is 29.1 Å². The third-order valence-electron chi connectivity index (χ3n) is 4.69. The van der Waals surface area contributed by atoms with Gasteiger partial charge in [0.1, 0.15) is 6.10 Å². The fraction of sp³-hybridized carbons (Fsp3) is 0.316. The van der Waals surface area contributed by atoms with Gasteiger partial charge in [-0.1, -0.05) is 6.07 Å². The van der Waals surface area contributed by atoms with E-state index in [-0.39, 0.29) is 12.9 Å². The maximum absolute atomic E-state index is 6.03. The molecule has 0 unspecified atom stereocenters. The van der Waals surface area contributed by atoms with Crippen molar-refractivity contribution in [2.24, 2.45) is 0 Å². The van der Waals surface area contributed by atoms with Crippen LogP contribution < -0.4 is 14.2 Å². The van der Waals surface area contributed by atoms with Gasteiger partial charge in [-0.15, -0.1) is 0 Å². The van der Waals surface area contributed by atoms with Crippen molar-refractivity contribution in [1.29, 1.82) is 0 Å². The summed E-state index contributed by atoms with van der Waals surface area (Å²) in [5.41, 5.74) is 2.33. The maximum Gasteiger partial charge on any atom is 0.316 e. The second-order valence-corrected chi connectivity index (χ2v) is 6.63. The first kappa shape index (κ1) is 16.1. The highest BCUT2D eigenvalue weighted by Crippen LogP contribution is 2.33. The fourth-order valence-electron chi connectivity index (χ4n) is 3.48. The van der Waals surface area contributed by atoms with Crippen LogP contribution in [0.1, 0.15) is 11.3 Å². The van der Waals surface area contributed by atoms with E-state index in [4.69, 9.17) is 14.2 Å². The lowest BCUT2D eigenvalue weighted by molar-refractivity contribution is 0.113. The first-order valence-electron chi connectivity index (χ1n) is 8.89. The number of hydrogen-bond acceptors (Lipinski definition) is 7. The number of benzene rings is 1. The molecule has 1 atom stereocenters. The molecule has 0 saturated heterocycles. The van der Waals surface area contributed by atoms with Crippen molar-refractivity contribution < 1.29 is 14.2 Å². The van der Waals surface area contributed by atoms with E-state index in [0.717, 1.165) is 36.8 Å². The van der Waals surface area contributed by atoms with Crippen LogP contribution in [0.25, 0.3) is 0 Å². The van der Waals surface area contributed by atoms with Crippen LogP contribution in [0.3, 0.4) is 0 Å². The van der Waals surface area contributed by atoms with Crippen LogP contribution in [0.15, 0.2) is 48.9 Å². The van der Waals surface area contributed by atoms with Crippen LogP contribution >= 0.6 is 0 Å². The second kappa shape index (κ2) is 6.88. The largest absolute Gasteiger partial charge is 0.457 e. The minimum absolute atomic E-state index is 0.0949. The third-order valence-corrected chi connectivity index (χ3v) is 4.69. The second-order valence-electron chi connectivity index (χ2n) is 6.63. The van der Waals surface area contributed by atoms with Gasteiger partial charge in [-0.3, -0.25) is 9.58 Å². The first-order chi connectivity index (χ1) is 13.3. The number of rotatable bonds is 4. The Kier molecular flexibility index (Phi) is 4.10. The molecule has 3 aromatic rings. The standard InChI is InChI=1S/C19H19N5O3/c1-5-20-19(21-6-1)27-16-11-23(10-15-4-7-22-24(15)12-16)9-14-2-3-17-18(8-14)26-13-25-17/h1-8,16H,9-13H2/t16-/m1/s1. The molecule has 0 amide bonds. The molecule has 0 saturated carbocycles. The Morgan fingerprint density at radius 2 is 1.93 bits per heavy atom. The summed E-state index contributed by atoms with van der Waals surface area (Å²) < 4.78 is 18.9. The Hall–Kier alpha value is -3.13. The number of nitrogens with zero attached hydrogens (tertiary/aromatic N) is 5. The Labute approximate surface area is 156 Å². The summed E-state index contributed by atoms with van der Waals surface area (Å²) in [5.74, 6) is 1.60. The SMILES string of the molecule is c1cnc(O[C@@H]2CN(Cc3ccc4c(c3)OCO4)Cc3ccnn3C2)nc1. The van der Waals surface area contributed by atoms with E-state index in [9.17, 15) is 0 Å². The maximum atomic E-state index is 6.03. The molecule has 0 radical (unpaired) electrons. The smallest absolute Gasteiger partial charge is 0.316 e. The highest BCUT2D eigenvalue weighted by molar-refractivity contribution is 5.44. The first-order valence-corrected chi connectivity index (χ1v) is 8.89. The Morgan fingerprint density at radius 3 is 2.85 bits per heavy atom. The number of fused-ring (bicyclic) bond motifs is 2. The van der Waals surface area contributed by atoms with E-state index in [0.29, 0.717) is 12.6 Å². The van der Waals surface area contributed by atoms with Gasteiger partial charge >= 0.3 is 6.01 Å². The number of hydrogen-bond donors (Lipinski definition) is 0. The summed E-state index contributed by atoms with van der Waals surface area (Å²) in [6, 6.07) is 10.3. The molecule has 2 aliphatic rings. The Morgan fingerprint density at radius 1 is 1.04 bits per heavy atom. The Bertz CT molecular complexity index is 930. The molecule has 2 aliphatic heterocycles. The van der Waals surface area contributed by atoms with Gasteiger partial charge in [0.25, 0.3) is 0 Å². The predicted octanol–water partition coefficient (Wildman–Crippen LogP) is 1.87. The van der Waals surface area contributed by atoms with Gasteiger partial charge in [0.05, 0.1) is 12.2 Å². The summed E-state index contributed by atoms with van der Waals surface area (Å²) in [7, 11) is 0. The van der Waals surface area contributed by atoms with Gasteiger partial charge in [-0.25, -0.2) is 9.97 Å². The highest BCUT2D eigenvalue weighted by atomic mass is 16.7. The average molecular weight is 365 g/mol. The number of ether oxygens (including phenoxy) is 3. The molecule has 4 heterocycles. The van der Waals surface area contributed by atoms with Crippen LogP contribution in [0.2, 0.25) is 0 Å². The molecule has 8 nitrogen and oxygen atoms in total. The zero-order chi connectivity index (χ0) is 18.1. The van der Waals surface area contributed by atoms with E-state index in [1.54, 1.807) is 18.5 Å². The Balaban J connectivity index is 1.36. The van der Waals surface area contributed by atoms with Crippen LogP contribution in [0, 0.1) is 0 Å². The molecule has 2 aromatic heterocycles. The van der Waals surface area contributed by atoms with E-state index in [2.05, 4.69) is 26.0 Å². The molecular weight excluding hydrogens is 346 g/mol. The molecule has 0 N–H and O–H groups in total. The van der Waals surface area contributed by atoms with Gasteiger partial charge in [-0.2, -0.15) is 5.10 Å². The summed E-state index contributed by atoms with van der Waals surface area (Å²) in [6.45, 7) is 3.27. The van der Waals surface area contributed by atoms with Gasteiger partial charge in [-0.05, 0) is 29.8 Å². The van der Waals surface area contributed by atoms with Crippen LogP contribution in [0.5, 0.6) is 17.5 Å². The van der Waals surface area contributed by atoms with Crippen molar-refractivity contribution in [3.8, 4) is 17.5 Å². The molecular formula is C19H19N5O3. The molecule has 8 heteroatoms. The highest BCUT2D eigenvalue weighted by Gasteiger charge is 2.25. The van der Waals surface area contributed by atoms with Crippen molar-refractivity contribution in [1.82, 2.24) is 24.6 Å². The van der Waals surface area contributed by atoms with Crippen LogP contribution in [-0.4, -0.2) is 44.1 Å². The predicted molar refractivity (Wildman–Crippen MR) is 95.4 cm³/mol. The summed E-state index contributed by atoms with van der Waals surface area (Å²) in [6.07, 6.45) is 5.10. The topological polar surface area (TPSA) is 74.5 Å². The minimum atomic E-state index is -0.0949. The lowest BCUT2D eigenvalue weighted by Gasteiger charge is -2.24. The zero-order valence-electron chi connectivity index (χ0n) is 14.7. The van der Waals surface area contributed by atoms with Gasteiger partial charge in [0, 0.05) is 38.2 Å². The van der Waals surface area contributed by atoms with Crippen molar-refractivity contribution >= 4 is 0 Å². The third kappa shape index (κ3) is 3.43. The normalized spacial score (nSPS) is 18.7. The van der Waals surface area contributed by atoms with Gasteiger partial charge < -0.3 is 14.2 Å². The molecule has 1 aromatic carbocycles. The quantitative estimate of drug-likeness (QED) is 0.699. The average Bonchev–Trinajstić information content (AvgIpc) is 3.28. The molecule has 27 heavy (non-hydrogen) atoms. The molecule has 0 aliphatic carbocycles. The van der Waals surface area contributed by atoms with E-state index < -0.39 is 0 Å². The minimum Gasteiger partial charge on any atom is -0.457 e. The van der Waals surface area contributed by atoms with Crippen molar-refractivity contribution in [3.05, 3.63) is 60.2 Å². The summed E-state index contributed by atoms with van der Waals surface area (Å²) in [5, 5.41) is 4.43. The van der Waals surface area contributed by atoms with E-state index >= 15 is 0 Å². The monoisotopic (exact) mass is 365 g/mol. The van der Waals surface area contributed by atoms with Crippen molar-refractivity contribution in [2.75, 3.05) is 13.3 Å². The molecule has 138 valence electrons. The number of aromatic nitrogens is 4. The van der Waals surface area contributed by atoms with Crippen LogP contribution in [0.4, 0.5) is 0 Å². The van der Waals surface area contributed by atoms with Crippen molar-refractivity contribution in [3.63, 3.8) is 0 Å². The molecule has 0 bridgehead atoms. The summed E-state index contributed by atoms with van der Waals surface area (Å²) >= 11 is 0. The van der Waals surface area contributed by atoms with Gasteiger partial charge in [0.15, 0.2) is 11.5 Å². The van der Waals surface area contributed by atoms with Crippen molar-refractivity contribution in [2.45, 2.75) is 25.7 Å².